The minimum atomic E-state index is -0.878. The first kappa shape index (κ1) is 19.2. The molecule has 5 heteroatoms. The lowest BCUT2D eigenvalue weighted by Crippen LogP contribution is -2.48. The van der Waals surface area contributed by atoms with Crippen LogP contribution in [0, 0.1) is 22.7 Å². The molecule has 1 heterocycles. The highest BCUT2D eigenvalue weighted by atomic mass is 32.1. The van der Waals surface area contributed by atoms with Crippen LogP contribution in [0.15, 0.2) is 16.8 Å². The van der Waals surface area contributed by atoms with Crippen LogP contribution in [0.1, 0.15) is 64.9 Å². The molecule has 0 spiro atoms. The minimum Gasteiger partial charge on any atom is -0.299 e. The molecular weight excluding hydrogens is 348 g/mol. The molecule has 2 aliphatic carbocycles. The van der Waals surface area contributed by atoms with Crippen LogP contribution in [0.2, 0.25) is 0 Å². The molecule has 140 valence electrons. The fourth-order valence-corrected chi connectivity index (χ4v) is 5.36. The van der Waals surface area contributed by atoms with Crippen molar-refractivity contribution < 1.29 is 19.2 Å². The van der Waals surface area contributed by atoms with E-state index >= 15 is 0 Å². The van der Waals surface area contributed by atoms with Gasteiger partial charge < -0.3 is 0 Å². The molecule has 2 aliphatic rings. The van der Waals surface area contributed by atoms with Crippen LogP contribution < -0.4 is 0 Å². The van der Waals surface area contributed by atoms with Crippen molar-refractivity contribution >= 4 is 34.5 Å². The quantitative estimate of drug-likeness (QED) is 0.751. The second-order valence-electron chi connectivity index (χ2n) is 9.44. The van der Waals surface area contributed by atoms with E-state index in [1.165, 1.54) is 11.3 Å². The first-order chi connectivity index (χ1) is 12.0. The Hall–Kier alpha value is -1.62. The number of Topliss-reactive ketones (excluding diaryl/α,β-unsaturated/α-hetero) is 4. The predicted molar refractivity (Wildman–Crippen MR) is 100 cm³/mol. The van der Waals surface area contributed by atoms with Crippen LogP contribution in [0.4, 0.5) is 0 Å². The summed E-state index contributed by atoms with van der Waals surface area (Å²) < 4.78 is 0. The Labute approximate surface area is 158 Å². The van der Waals surface area contributed by atoms with Gasteiger partial charge in [0.1, 0.15) is 23.1 Å². The van der Waals surface area contributed by atoms with E-state index in [0.717, 1.165) is 5.56 Å². The molecule has 0 radical (unpaired) electrons. The number of ketones is 4. The molecule has 2 fully saturated rings. The molecule has 0 aromatic carbocycles. The highest BCUT2D eigenvalue weighted by molar-refractivity contribution is 7.08. The first-order valence-corrected chi connectivity index (χ1v) is 10.1. The summed E-state index contributed by atoms with van der Waals surface area (Å²) in [6, 6.07) is 1.84. The van der Waals surface area contributed by atoms with Crippen molar-refractivity contribution in [1.82, 2.24) is 0 Å². The van der Waals surface area contributed by atoms with E-state index in [1.54, 1.807) is 0 Å². The molecule has 0 aliphatic heterocycles. The summed E-state index contributed by atoms with van der Waals surface area (Å²) in [6.45, 7) is 7.66. The summed E-state index contributed by atoms with van der Waals surface area (Å²) in [4.78, 5) is 51.6. The van der Waals surface area contributed by atoms with Crippen molar-refractivity contribution in [2.24, 2.45) is 22.7 Å². The minimum absolute atomic E-state index is 0.132. The summed E-state index contributed by atoms with van der Waals surface area (Å²) in [5.41, 5.74) is 0.0617. The highest BCUT2D eigenvalue weighted by Crippen LogP contribution is 2.47. The van der Waals surface area contributed by atoms with Gasteiger partial charge in [0.15, 0.2) is 0 Å². The third-order valence-electron chi connectivity index (χ3n) is 5.64. The second kappa shape index (κ2) is 6.52. The monoisotopic (exact) mass is 374 g/mol. The van der Waals surface area contributed by atoms with E-state index in [9.17, 15) is 19.2 Å². The maximum Gasteiger partial charge on any atom is 0.144 e. The standard InChI is InChI=1S/C21H26O4S/c1-20(2)7-13(22)18(14(23)8-20)17(12-5-6-26-11-12)19-15(24)9-21(3,4)10-16(19)25/h5-6,11,17-19H,7-10H2,1-4H3. The molecule has 26 heavy (non-hydrogen) atoms. The molecule has 3 rings (SSSR count). The van der Waals surface area contributed by atoms with Crippen LogP contribution in [0.5, 0.6) is 0 Å². The van der Waals surface area contributed by atoms with Crippen molar-refractivity contribution in [3.63, 3.8) is 0 Å². The van der Waals surface area contributed by atoms with Crippen molar-refractivity contribution in [3.8, 4) is 0 Å². The number of thiophene rings is 1. The lowest BCUT2D eigenvalue weighted by Gasteiger charge is -2.40. The van der Waals surface area contributed by atoms with Crippen LogP contribution >= 0.6 is 11.3 Å². The highest BCUT2D eigenvalue weighted by Gasteiger charge is 2.52. The number of carbonyl (C=O) groups excluding carboxylic acids is 4. The molecule has 1 aromatic rings. The van der Waals surface area contributed by atoms with Gasteiger partial charge in [-0.25, -0.2) is 0 Å². The van der Waals surface area contributed by atoms with Gasteiger partial charge >= 0.3 is 0 Å². The Morgan fingerprint density at radius 1 is 0.808 bits per heavy atom. The molecule has 0 N–H and O–H groups in total. The SMILES string of the molecule is CC1(C)CC(=O)C(C(c2ccsc2)C2C(=O)CC(C)(C)CC2=O)C(=O)C1. The smallest absolute Gasteiger partial charge is 0.144 e. The molecule has 0 bridgehead atoms. The predicted octanol–water partition coefficient (Wildman–Crippen LogP) is 3.98. The second-order valence-corrected chi connectivity index (χ2v) is 10.2. The van der Waals surface area contributed by atoms with Crippen LogP contribution in [-0.4, -0.2) is 23.1 Å². The van der Waals surface area contributed by atoms with Gasteiger partial charge in [-0.15, -0.1) is 0 Å². The van der Waals surface area contributed by atoms with Gasteiger partial charge in [-0.05, 0) is 33.2 Å². The third kappa shape index (κ3) is 3.59. The number of carbonyl (C=O) groups is 4. The maximum atomic E-state index is 12.9. The third-order valence-corrected chi connectivity index (χ3v) is 6.35. The largest absolute Gasteiger partial charge is 0.299 e. The first-order valence-electron chi connectivity index (χ1n) is 9.14. The fourth-order valence-electron chi connectivity index (χ4n) is 4.65. The summed E-state index contributed by atoms with van der Waals surface area (Å²) in [7, 11) is 0. The van der Waals surface area contributed by atoms with E-state index in [2.05, 4.69) is 0 Å². The van der Waals surface area contributed by atoms with Crippen LogP contribution in [0.3, 0.4) is 0 Å². The molecule has 0 amide bonds. The lowest BCUT2D eigenvalue weighted by atomic mass is 9.59. The van der Waals surface area contributed by atoms with Crippen molar-refractivity contribution in [2.75, 3.05) is 0 Å². The zero-order valence-corrected chi connectivity index (χ0v) is 16.7. The van der Waals surface area contributed by atoms with Crippen molar-refractivity contribution in [1.29, 1.82) is 0 Å². The fraction of sp³-hybridized carbons (Fsp3) is 0.619. The van der Waals surface area contributed by atoms with E-state index in [4.69, 9.17) is 0 Å². The summed E-state index contributed by atoms with van der Waals surface area (Å²) in [5.74, 6) is -2.93. The molecule has 2 saturated carbocycles. The Bertz CT molecular complexity index is 669. The Morgan fingerprint density at radius 3 is 1.50 bits per heavy atom. The van der Waals surface area contributed by atoms with Gasteiger partial charge in [-0.2, -0.15) is 11.3 Å². The molecule has 0 saturated heterocycles. The topological polar surface area (TPSA) is 68.3 Å². The van der Waals surface area contributed by atoms with E-state index < -0.39 is 17.8 Å². The van der Waals surface area contributed by atoms with E-state index in [1.807, 2.05) is 44.5 Å². The molecule has 1 aromatic heterocycles. The molecule has 0 unspecified atom stereocenters. The van der Waals surface area contributed by atoms with Crippen LogP contribution in [-0.2, 0) is 19.2 Å². The van der Waals surface area contributed by atoms with Crippen LogP contribution in [0.25, 0.3) is 0 Å². The number of hydrogen-bond donors (Lipinski definition) is 0. The van der Waals surface area contributed by atoms with E-state index in [-0.39, 0.29) is 34.0 Å². The molecular formula is C21H26O4S. The van der Waals surface area contributed by atoms with Gasteiger partial charge in [-0.3, -0.25) is 19.2 Å². The zero-order chi connectivity index (χ0) is 19.3. The average molecular weight is 375 g/mol. The van der Waals surface area contributed by atoms with E-state index in [0.29, 0.717) is 25.7 Å². The van der Waals surface area contributed by atoms with Crippen molar-refractivity contribution in [3.05, 3.63) is 22.4 Å². The zero-order valence-electron chi connectivity index (χ0n) is 15.8. The van der Waals surface area contributed by atoms with Gasteiger partial charge in [0.2, 0.25) is 0 Å². The molecule has 4 nitrogen and oxygen atoms in total. The van der Waals surface area contributed by atoms with Gasteiger partial charge in [0.05, 0.1) is 11.8 Å². The average Bonchev–Trinajstić information content (AvgIpc) is 2.95. The Kier molecular flexibility index (Phi) is 4.80. The summed E-state index contributed by atoms with van der Waals surface area (Å²) >= 11 is 1.46. The summed E-state index contributed by atoms with van der Waals surface area (Å²) in [5, 5.41) is 3.73. The molecule has 0 atom stereocenters. The normalized spacial score (nSPS) is 24.5. The number of hydrogen-bond acceptors (Lipinski definition) is 5. The number of rotatable bonds is 3. The van der Waals surface area contributed by atoms with Gasteiger partial charge in [-0.1, -0.05) is 27.7 Å². The van der Waals surface area contributed by atoms with Gasteiger partial charge in [0.25, 0.3) is 0 Å². The maximum absolute atomic E-state index is 12.9. The Balaban J connectivity index is 2.03. The summed E-state index contributed by atoms with van der Waals surface area (Å²) in [6.07, 6.45) is 1.24. The van der Waals surface area contributed by atoms with Crippen molar-refractivity contribution in [2.45, 2.75) is 59.3 Å². The Morgan fingerprint density at radius 2 is 1.19 bits per heavy atom. The van der Waals surface area contributed by atoms with Gasteiger partial charge in [0, 0.05) is 31.6 Å². The lowest BCUT2D eigenvalue weighted by molar-refractivity contribution is -0.145.